The van der Waals surface area contributed by atoms with Crippen LogP contribution in [0, 0.1) is 0 Å². The minimum absolute atomic E-state index is 0.230. The fourth-order valence-corrected chi connectivity index (χ4v) is 4.37. The van der Waals surface area contributed by atoms with Crippen LogP contribution in [0.3, 0.4) is 0 Å². The van der Waals surface area contributed by atoms with E-state index in [1.165, 1.54) is 47.9 Å². The third kappa shape index (κ3) is 4.05. The van der Waals surface area contributed by atoms with Crippen LogP contribution in [0.15, 0.2) is 28.9 Å². The molecule has 146 valence electrons. The zero-order valence-electron chi connectivity index (χ0n) is 18.0. The van der Waals surface area contributed by atoms with Gasteiger partial charge in [-0.2, -0.15) is 0 Å². The van der Waals surface area contributed by atoms with E-state index in [2.05, 4.69) is 64.9 Å². The number of nitrogens with zero attached hydrogens (tertiary/aromatic N) is 1. The standard InChI is InChI=1S/C25H35NO/c1-7-9-10-19-16-22-23(25(5,6)13-12-24(22,3)4)17-21(19)18(8-2)15-20-11-14-26-27-20/h11,14-17H,7-10,12-13H2,1-6H3/b18-15+. The van der Waals surface area contributed by atoms with Gasteiger partial charge in [0.25, 0.3) is 0 Å². The Balaban J connectivity index is 2.20. The molecule has 1 aliphatic carbocycles. The Morgan fingerprint density at radius 3 is 2.30 bits per heavy atom. The average Bonchev–Trinajstić information content (AvgIpc) is 3.14. The number of unbranched alkanes of at least 4 members (excludes halogenated alkanes) is 1. The van der Waals surface area contributed by atoms with Crippen molar-refractivity contribution in [2.45, 2.75) is 90.9 Å². The van der Waals surface area contributed by atoms with E-state index in [0.29, 0.717) is 0 Å². The van der Waals surface area contributed by atoms with Crippen LogP contribution in [-0.2, 0) is 17.3 Å². The molecule has 2 heteroatoms. The van der Waals surface area contributed by atoms with Gasteiger partial charge in [0.05, 0.1) is 6.20 Å². The summed E-state index contributed by atoms with van der Waals surface area (Å²) >= 11 is 0. The van der Waals surface area contributed by atoms with Gasteiger partial charge in [-0.1, -0.05) is 65.3 Å². The van der Waals surface area contributed by atoms with Crippen LogP contribution in [0.5, 0.6) is 0 Å². The van der Waals surface area contributed by atoms with E-state index in [1.54, 1.807) is 11.8 Å². The monoisotopic (exact) mass is 365 g/mol. The molecular formula is C25H35NO. The molecule has 3 rings (SSSR count). The Morgan fingerprint density at radius 1 is 1.07 bits per heavy atom. The second kappa shape index (κ2) is 7.66. The van der Waals surface area contributed by atoms with Crippen molar-refractivity contribution in [1.29, 1.82) is 0 Å². The highest BCUT2D eigenvalue weighted by Crippen LogP contribution is 2.47. The maximum Gasteiger partial charge on any atom is 0.159 e. The Kier molecular flexibility index (Phi) is 5.65. The zero-order valence-corrected chi connectivity index (χ0v) is 18.0. The highest BCUT2D eigenvalue weighted by atomic mass is 16.5. The van der Waals surface area contributed by atoms with Gasteiger partial charge in [0, 0.05) is 6.07 Å². The highest BCUT2D eigenvalue weighted by Gasteiger charge is 2.37. The van der Waals surface area contributed by atoms with Crippen LogP contribution in [0.2, 0.25) is 0 Å². The summed E-state index contributed by atoms with van der Waals surface area (Å²) in [7, 11) is 0. The normalized spacial score (nSPS) is 18.4. The van der Waals surface area contributed by atoms with Gasteiger partial charge in [0.2, 0.25) is 0 Å². The molecule has 1 aromatic heterocycles. The Bertz CT molecular complexity index is 809. The third-order valence-electron chi connectivity index (χ3n) is 6.38. The first-order valence-electron chi connectivity index (χ1n) is 10.6. The van der Waals surface area contributed by atoms with E-state index >= 15 is 0 Å². The highest BCUT2D eigenvalue weighted by molar-refractivity contribution is 5.82. The molecule has 0 fully saturated rings. The van der Waals surface area contributed by atoms with Crippen LogP contribution in [0.4, 0.5) is 0 Å². The van der Waals surface area contributed by atoms with Crippen molar-refractivity contribution in [2.75, 3.05) is 0 Å². The van der Waals surface area contributed by atoms with Gasteiger partial charge in [-0.3, -0.25) is 0 Å². The number of aromatic nitrogens is 1. The summed E-state index contributed by atoms with van der Waals surface area (Å²) in [5.41, 5.74) is 7.83. The molecule has 1 aliphatic rings. The SMILES string of the molecule is CCCCc1cc2c(cc1/C(=C/c1ccno1)CC)C(C)(C)CCC2(C)C. The molecule has 1 aromatic carbocycles. The predicted octanol–water partition coefficient (Wildman–Crippen LogP) is 7.32. The second-order valence-corrected chi connectivity index (χ2v) is 9.36. The van der Waals surface area contributed by atoms with E-state index in [9.17, 15) is 0 Å². The molecule has 0 saturated carbocycles. The molecule has 1 heterocycles. The first-order valence-corrected chi connectivity index (χ1v) is 10.6. The maximum absolute atomic E-state index is 5.37. The van der Waals surface area contributed by atoms with Crippen LogP contribution >= 0.6 is 0 Å². The number of fused-ring (bicyclic) bond motifs is 1. The van der Waals surface area contributed by atoms with E-state index in [0.717, 1.165) is 18.6 Å². The van der Waals surface area contributed by atoms with Crippen molar-refractivity contribution in [2.24, 2.45) is 0 Å². The van der Waals surface area contributed by atoms with E-state index in [4.69, 9.17) is 4.52 Å². The first kappa shape index (κ1) is 19.9. The lowest BCUT2D eigenvalue weighted by Gasteiger charge is -2.42. The summed E-state index contributed by atoms with van der Waals surface area (Å²) in [4.78, 5) is 0. The number of aryl methyl sites for hydroxylation is 1. The molecule has 0 spiro atoms. The molecule has 0 amide bonds. The van der Waals surface area contributed by atoms with Gasteiger partial charge < -0.3 is 4.52 Å². The molecule has 2 aromatic rings. The van der Waals surface area contributed by atoms with Gasteiger partial charge in [-0.15, -0.1) is 0 Å². The number of hydrogen-bond acceptors (Lipinski definition) is 2. The van der Waals surface area contributed by atoms with Crippen molar-refractivity contribution < 1.29 is 4.52 Å². The van der Waals surface area contributed by atoms with Crippen molar-refractivity contribution >= 4 is 11.6 Å². The second-order valence-electron chi connectivity index (χ2n) is 9.36. The fourth-order valence-electron chi connectivity index (χ4n) is 4.37. The van der Waals surface area contributed by atoms with E-state index in [1.807, 2.05) is 6.07 Å². The summed E-state index contributed by atoms with van der Waals surface area (Å²) in [5.74, 6) is 0.839. The summed E-state index contributed by atoms with van der Waals surface area (Å²) in [6.45, 7) is 14.1. The fraction of sp³-hybridized carbons (Fsp3) is 0.560. The van der Waals surface area contributed by atoms with Crippen LogP contribution in [0.25, 0.3) is 11.6 Å². The van der Waals surface area contributed by atoms with Crippen molar-refractivity contribution in [3.63, 3.8) is 0 Å². The van der Waals surface area contributed by atoms with Gasteiger partial charge in [-0.05, 0) is 76.8 Å². The van der Waals surface area contributed by atoms with Gasteiger partial charge >= 0.3 is 0 Å². The number of benzene rings is 1. The topological polar surface area (TPSA) is 26.0 Å². The Morgan fingerprint density at radius 2 is 1.74 bits per heavy atom. The molecule has 2 nitrogen and oxygen atoms in total. The zero-order chi connectivity index (χ0) is 19.7. The molecule has 0 N–H and O–H groups in total. The van der Waals surface area contributed by atoms with Gasteiger partial charge in [0.15, 0.2) is 5.76 Å². The maximum atomic E-state index is 5.37. The quantitative estimate of drug-likeness (QED) is 0.536. The van der Waals surface area contributed by atoms with Crippen molar-refractivity contribution in [1.82, 2.24) is 5.16 Å². The molecule has 0 bridgehead atoms. The van der Waals surface area contributed by atoms with Gasteiger partial charge in [-0.25, -0.2) is 0 Å². The predicted molar refractivity (Wildman–Crippen MR) is 115 cm³/mol. The largest absolute Gasteiger partial charge is 0.357 e. The summed E-state index contributed by atoms with van der Waals surface area (Å²) in [6.07, 6.45) is 11.0. The van der Waals surface area contributed by atoms with Crippen molar-refractivity contribution in [3.05, 3.63) is 52.4 Å². The van der Waals surface area contributed by atoms with Gasteiger partial charge in [0.1, 0.15) is 0 Å². The molecule has 0 saturated heterocycles. The number of hydrogen-bond donors (Lipinski definition) is 0. The lowest BCUT2D eigenvalue weighted by Crippen LogP contribution is -2.34. The summed E-state index contributed by atoms with van der Waals surface area (Å²) < 4.78 is 5.37. The smallest absolute Gasteiger partial charge is 0.159 e. The molecule has 0 aliphatic heterocycles. The molecule has 27 heavy (non-hydrogen) atoms. The first-order chi connectivity index (χ1) is 12.8. The minimum atomic E-state index is 0.230. The van der Waals surface area contributed by atoms with Crippen LogP contribution in [0.1, 0.15) is 102 Å². The Hall–Kier alpha value is -1.83. The molecule has 0 atom stereocenters. The average molecular weight is 366 g/mol. The summed E-state index contributed by atoms with van der Waals surface area (Å²) in [6, 6.07) is 6.98. The van der Waals surface area contributed by atoms with Crippen molar-refractivity contribution in [3.8, 4) is 0 Å². The Labute approximate surface area is 165 Å². The van der Waals surface area contributed by atoms with E-state index < -0.39 is 0 Å². The van der Waals surface area contributed by atoms with E-state index in [-0.39, 0.29) is 10.8 Å². The van der Waals surface area contributed by atoms with Crippen LogP contribution in [-0.4, -0.2) is 5.16 Å². The van der Waals surface area contributed by atoms with Crippen LogP contribution < -0.4 is 0 Å². The summed E-state index contributed by atoms with van der Waals surface area (Å²) in [5, 5.41) is 3.87. The molecular weight excluding hydrogens is 330 g/mol. The molecule has 0 unspecified atom stereocenters. The number of allylic oxidation sites excluding steroid dienone is 1. The number of rotatable bonds is 6. The lowest BCUT2D eigenvalue weighted by atomic mass is 9.62. The third-order valence-corrected chi connectivity index (χ3v) is 6.38. The molecule has 0 radical (unpaired) electrons. The minimum Gasteiger partial charge on any atom is -0.357 e. The lowest BCUT2D eigenvalue weighted by molar-refractivity contribution is 0.331.